The van der Waals surface area contributed by atoms with Crippen LogP contribution in [0.25, 0.3) is 0 Å². The van der Waals surface area contributed by atoms with Crippen molar-refractivity contribution in [2.24, 2.45) is 0 Å². The van der Waals surface area contributed by atoms with Gasteiger partial charge in [0.15, 0.2) is 5.13 Å². The Labute approximate surface area is 103 Å². The van der Waals surface area contributed by atoms with Gasteiger partial charge in [-0.25, -0.2) is 13.4 Å². The first-order valence-electron chi connectivity index (χ1n) is 3.74. The Kier molecular flexibility index (Phi) is 3.10. The zero-order chi connectivity index (χ0) is 10.9. The van der Waals surface area contributed by atoms with Gasteiger partial charge in [-0.1, -0.05) is 0 Å². The Morgan fingerprint density at radius 2 is 2.20 bits per heavy atom. The average Bonchev–Trinajstić information content (AvgIpc) is 2.75. The predicted molar refractivity (Wildman–Crippen MR) is 64.9 cm³/mol. The minimum absolute atomic E-state index is 0.268. The van der Waals surface area contributed by atoms with E-state index in [9.17, 15) is 8.42 Å². The zero-order valence-electron chi connectivity index (χ0n) is 7.18. The second-order valence-electron chi connectivity index (χ2n) is 2.53. The number of rotatable bonds is 3. The van der Waals surface area contributed by atoms with E-state index < -0.39 is 10.0 Å². The van der Waals surface area contributed by atoms with Crippen LogP contribution in [-0.4, -0.2) is 13.4 Å². The van der Waals surface area contributed by atoms with E-state index in [0.717, 1.165) is 15.8 Å². The van der Waals surface area contributed by atoms with Crippen molar-refractivity contribution in [3.05, 3.63) is 27.5 Å². The molecule has 0 aliphatic carbocycles. The molecule has 0 atom stereocenters. The number of hydrogen-bond acceptors (Lipinski definition) is 5. The quantitative estimate of drug-likeness (QED) is 0.944. The Balaban J connectivity index is 2.28. The maximum Gasteiger partial charge on any atom is 0.273 e. The first-order chi connectivity index (χ1) is 7.08. The molecule has 0 aromatic carbocycles. The summed E-state index contributed by atoms with van der Waals surface area (Å²) in [5.41, 5.74) is 0. The van der Waals surface area contributed by atoms with Gasteiger partial charge in [0.25, 0.3) is 10.0 Å². The number of sulfonamides is 1. The fourth-order valence-corrected chi connectivity index (χ4v) is 4.51. The number of halogens is 1. The van der Waals surface area contributed by atoms with Gasteiger partial charge in [-0.05, 0) is 22.0 Å². The minimum atomic E-state index is -3.48. The molecule has 0 spiro atoms. The summed E-state index contributed by atoms with van der Waals surface area (Å²) in [6, 6.07) is 1.56. The van der Waals surface area contributed by atoms with Crippen molar-refractivity contribution < 1.29 is 8.42 Å². The van der Waals surface area contributed by atoms with E-state index in [1.807, 2.05) is 0 Å². The molecule has 0 amide bonds. The smallest absolute Gasteiger partial charge is 0.254 e. The molecule has 0 unspecified atom stereocenters. The van der Waals surface area contributed by atoms with Gasteiger partial charge in [0.05, 0.1) is 0 Å². The van der Waals surface area contributed by atoms with E-state index in [0.29, 0.717) is 5.13 Å². The molecule has 0 saturated heterocycles. The predicted octanol–water partition coefficient (Wildman–Crippen LogP) is 2.77. The highest BCUT2D eigenvalue weighted by atomic mass is 79.9. The van der Waals surface area contributed by atoms with Crippen molar-refractivity contribution in [2.75, 3.05) is 4.72 Å². The van der Waals surface area contributed by atoms with E-state index in [2.05, 4.69) is 25.6 Å². The van der Waals surface area contributed by atoms with Crippen molar-refractivity contribution in [1.82, 2.24) is 4.98 Å². The average molecular weight is 325 g/mol. The molecule has 15 heavy (non-hydrogen) atoms. The highest BCUT2D eigenvalue weighted by Crippen LogP contribution is 2.26. The van der Waals surface area contributed by atoms with E-state index >= 15 is 0 Å². The maximum absolute atomic E-state index is 11.8. The summed E-state index contributed by atoms with van der Waals surface area (Å²) < 4.78 is 26.9. The van der Waals surface area contributed by atoms with E-state index in [1.54, 1.807) is 23.0 Å². The molecule has 0 radical (unpaired) electrons. The molecule has 2 rings (SSSR count). The number of nitrogens with zero attached hydrogens (tertiary/aromatic N) is 1. The standard InChI is InChI=1S/C7H5BrN2O2S3/c8-5-3-6(14-4-5)15(11,12)10-7-9-1-2-13-7/h1-4H,(H,9,10). The third-order valence-electron chi connectivity index (χ3n) is 1.46. The van der Waals surface area contributed by atoms with Crippen LogP contribution in [0.1, 0.15) is 0 Å². The number of anilines is 1. The molecular weight excluding hydrogens is 320 g/mol. The molecule has 0 aliphatic heterocycles. The van der Waals surface area contributed by atoms with Crippen LogP contribution in [0.4, 0.5) is 5.13 Å². The van der Waals surface area contributed by atoms with Crippen molar-refractivity contribution in [3.8, 4) is 0 Å². The Hall–Kier alpha value is -0.440. The van der Waals surface area contributed by atoms with Gasteiger partial charge in [0.1, 0.15) is 4.21 Å². The highest BCUT2D eigenvalue weighted by Gasteiger charge is 2.17. The summed E-state index contributed by atoms with van der Waals surface area (Å²) in [7, 11) is -3.48. The monoisotopic (exact) mass is 324 g/mol. The molecular formula is C7H5BrN2O2S3. The lowest BCUT2D eigenvalue weighted by atomic mass is 10.7. The normalized spacial score (nSPS) is 11.5. The molecule has 2 aromatic heterocycles. The van der Waals surface area contributed by atoms with Crippen LogP contribution >= 0.6 is 38.6 Å². The van der Waals surface area contributed by atoms with Gasteiger partial charge in [0, 0.05) is 21.4 Å². The largest absolute Gasteiger partial charge is 0.273 e. The molecule has 1 N–H and O–H groups in total. The van der Waals surface area contributed by atoms with Crippen LogP contribution in [0.5, 0.6) is 0 Å². The van der Waals surface area contributed by atoms with Crippen LogP contribution in [0, 0.1) is 0 Å². The molecule has 2 aromatic rings. The van der Waals surface area contributed by atoms with Crippen LogP contribution in [0.15, 0.2) is 31.7 Å². The molecule has 0 aliphatic rings. The first kappa shape index (κ1) is 11.1. The lowest BCUT2D eigenvalue weighted by molar-refractivity contribution is 0.603. The lowest BCUT2D eigenvalue weighted by Crippen LogP contribution is -2.10. The van der Waals surface area contributed by atoms with Gasteiger partial charge < -0.3 is 0 Å². The Bertz CT molecular complexity index is 547. The van der Waals surface area contributed by atoms with Crippen molar-refractivity contribution in [3.63, 3.8) is 0 Å². The topological polar surface area (TPSA) is 59.1 Å². The van der Waals surface area contributed by atoms with E-state index in [4.69, 9.17) is 0 Å². The Morgan fingerprint density at radius 1 is 1.40 bits per heavy atom. The van der Waals surface area contributed by atoms with E-state index in [1.165, 1.54) is 11.3 Å². The molecule has 4 nitrogen and oxygen atoms in total. The maximum atomic E-state index is 11.8. The van der Waals surface area contributed by atoms with Gasteiger partial charge in [-0.3, -0.25) is 4.72 Å². The summed E-state index contributed by atoms with van der Waals surface area (Å²) in [4.78, 5) is 3.85. The fourth-order valence-electron chi connectivity index (χ4n) is 0.875. The summed E-state index contributed by atoms with van der Waals surface area (Å²) in [6.07, 6.45) is 1.55. The summed E-state index contributed by atoms with van der Waals surface area (Å²) in [6.45, 7) is 0. The van der Waals surface area contributed by atoms with Crippen LogP contribution in [0.2, 0.25) is 0 Å². The zero-order valence-corrected chi connectivity index (χ0v) is 11.2. The summed E-state index contributed by atoms with van der Waals surface area (Å²) in [5, 5.41) is 3.80. The Morgan fingerprint density at radius 3 is 2.73 bits per heavy atom. The number of hydrogen-bond donors (Lipinski definition) is 1. The molecule has 0 bridgehead atoms. The fraction of sp³-hybridized carbons (Fsp3) is 0. The number of thiophene rings is 1. The van der Waals surface area contributed by atoms with Crippen molar-refractivity contribution in [2.45, 2.75) is 4.21 Å². The van der Waals surface area contributed by atoms with Gasteiger partial charge >= 0.3 is 0 Å². The minimum Gasteiger partial charge on any atom is -0.254 e. The molecule has 80 valence electrons. The third-order valence-corrected chi connectivity index (χ3v) is 5.82. The van der Waals surface area contributed by atoms with Crippen molar-refractivity contribution in [1.29, 1.82) is 0 Å². The second kappa shape index (κ2) is 4.20. The van der Waals surface area contributed by atoms with Gasteiger partial charge in [-0.15, -0.1) is 22.7 Å². The lowest BCUT2D eigenvalue weighted by Gasteiger charge is -2.00. The number of thiazole rings is 1. The third kappa shape index (κ3) is 2.57. The van der Waals surface area contributed by atoms with Crippen molar-refractivity contribution >= 4 is 53.8 Å². The SMILES string of the molecule is O=S(=O)(Nc1nccs1)c1cc(Br)cs1. The molecule has 2 heterocycles. The number of nitrogens with one attached hydrogen (secondary N) is 1. The summed E-state index contributed by atoms with van der Waals surface area (Å²) in [5.74, 6) is 0. The van der Waals surface area contributed by atoms with Gasteiger partial charge in [-0.2, -0.15) is 0 Å². The second-order valence-corrected chi connectivity index (χ2v) is 7.16. The summed E-state index contributed by atoms with van der Waals surface area (Å²) >= 11 is 5.61. The molecule has 8 heteroatoms. The first-order valence-corrected chi connectivity index (χ1v) is 7.78. The molecule has 0 saturated carbocycles. The van der Waals surface area contributed by atoms with Crippen LogP contribution < -0.4 is 4.72 Å². The molecule has 0 fully saturated rings. The van der Waals surface area contributed by atoms with E-state index in [-0.39, 0.29) is 4.21 Å². The number of aromatic nitrogens is 1. The van der Waals surface area contributed by atoms with Crippen LogP contribution in [-0.2, 0) is 10.0 Å². The highest BCUT2D eigenvalue weighted by molar-refractivity contribution is 9.10. The van der Waals surface area contributed by atoms with Gasteiger partial charge in [0.2, 0.25) is 0 Å². The van der Waals surface area contributed by atoms with Crippen LogP contribution in [0.3, 0.4) is 0 Å².